The van der Waals surface area contributed by atoms with E-state index in [4.69, 9.17) is 0 Å². The van der Waals surface area contributed by atoms with Gasteiger partial charge < -0.3 is 10.6 Å². The van der Waals surface area contributed by atoms with Crippen molar-refractivity contribution in [2.45, 2.75) is 26.2 Å². The summed E-state index contributed by atoms with van der Waals surface area (Å²) in [5.41, 5.74) is 4.01. The number of rotatable bonds is 4. The van der Waals surface area contributed by atoms with Crippen LogP contribution >= 0.6 is 0 Å². The van der Waals surface area contributed by atoms with Gasteiger partial charge in [0, 0.05) is 29.7 Å². The fourth-order valence-electron chi connectivity index (χ4n) is 3.09. The molecule has 2 aromatic heterocycles. The summed E-state index contributed by atoms with van der Waals surface area (Å²) in [7, 11) is 0. The van der Waals surface area contributed by atoms with Gasteiger partial charge in [0.1, 0.15) is 0 Å². The zero-order valence-electron chi connectivity index (χ0n) is 17.2. The summed E-state index contributed by atoms with van der Waals surface area (Å²) in [5, 5.41) is 7.01. The number of nitrogens with one attached hydrogen (secondary N) is 2. The molecular formula is C24H23N5O. The zero-order valence-corrected chi connectivity index (χ0v) is 17.2. The van der Waals surface area contributed by atoms with Crippen LogP contribution < -0.4 is 10.6 Å². The molecule has 0 aliphatic rings. The van der Waals surface area contributed by atoms with Crippen LogP contribution in [0.25, 0.3) is 10.9 Å². The first kappa shape index (κ1) is 19.5. The number of carbonyl (C=O) groups excluding carboxylic acids is 1. The van der Waals surface area contributed by atoms with Crippen molar-refractivity contribution in [3.8, 4) is 0 Å². The van der Waals surface area contributed by atoms with Crippen molar-refractivity contribution in [3.63, 3.8) is 0 Å². The van der Waals surface area contributed by atoms with Gasteiger partial charge in [0.05, 0.1) is 16.8 Å². The summed E-state index contributed by atoms with van der Waals surface area (Å²) in [4.78, 5) is 25.5. The second-order valence-electron chi connectivity index (χ2n) is 8.08. The molecule has 2 N–H and O–H groups in total. The molecule has 0 radical (unpaired) electrons. The number of aromatic nitrogens is 3. The van der Waals surface area contributed by atoms with Crippen molar-refractivity contribution in [2.75, 3.05) is 10.6 Å². The lowest BCUT2D eigenvalue weighted by Crippen LogP contribution is -2.13. The topological polar surface area (TPSA) is 79.8 Å². The lowest BCUT2D eigenvalue weighted by molar-refractivity contribution is 0.102. The maximum Gasteiger partial charge on any atom is 0.258 e. The Balaban J connectivity index is 1.46. The highest BCUT2D eigenvalue weighted by atomic mass is 16.1. The van der Waals surface area contributed by atoms with E-state index >= 15 is 0 Å². The lowest BCUT2D eigenvalue weighted by atomic mass is 9.87. The van der Waals surface area contributed by atoms with E-state index in [1.807, 2.05) is 42.5 Å². The smallest absolute Gasteiger partial charge is 0.258 e. The minimum absolute atomic E-state index is 0.101. The van der Waals surface area contributed by atoms with E-state index in [9.17, 15) is 4.79 Å². The molecule has 0 saturated heterocycles. The van der Waals surface area contributed by atoms with Crippen LogP contribution in [0.3, 0.4) is 0 Å². The number of pyridine rings is 1. The molecule has 2 heterocycles. The highest BCUT2D eigenvalue weighted by molar-refractivity contribution is 6.08. The molecule has 2 aromatic carbocycles. The summed E-state index contributed by atoms with van der Waals surface area (Å²) < 4.78 is 0. The van der Waals surface area contributed by atoms with Gasteiger partial charge in [-0.05, 0) is 35.2 Å². The molecule has 0 aliphatic heterocycles. The molecular weight excluding hydrogens is 374 g/mol. The third-order valence-electron chi connectivity index (χ3n) is 4.80. The molecule has 0 fully saturated rings. The molecule has 4 aromatic rings. The number of para-hydroxylation sites is 1. The largest absolute Gasteiger partial charge is 0.324 e. The molecule has 0 unspecified atom stereocenters. The van der Waals surface area contributed by atoms with E-state index in [0.717, 1.165) is 16.6 Å². The average Bonchev–Trinajstić information content (AvgIpc) is 2.74. The van der Waals surface area contributed by atoms with E-state index in [2.05, 4.69) is 58.5 Å². The number of carbonyl (C=O) groups is 1. The number of amides is 1. The van der Waals surface area contributed by atoms with Crippen LogP contribution in [0.4, 0.5) is 17.3 Å². The molecule has 6 heteroatoms. The monoisotopic (exact) mass is 397 g/mol. The number of hydrogen-bond acceptors (Lipinski definition) is 5. The van der Waals surface area contributed by atoms with E-state index < -0.39 is 0 Å². The van der Waals surface area contributed by atoms with Gasteiger partial charge in [-0.25, -0.2) is 9.97 Å². The van der Waals surface area contributed by atoms with Crippen molar-refractivity contribution in [1.29, 1.82) is 0 Å². The van der Waals surface area contributed by atoms with E-state index in [1.54, 1.807) is 6.20 Å². The molecule has 30 heavy (non-hydrogen) atoms. The molecule has 0 atom stereocenters. The summed E-state index contributed by atoms with van der Waals surface area (Å²) >= 11 is 0. The van der Waals surface area contributed by atoms with Crippen LogP contribution in [0.5, 0.6) is 0 Å². The predicted octanol–water partition coefficient (Wildman–Crippen LogP) is 5.32. The van der Waals surface area contributed by atoms with Gasteiger partial charge in [-0.1, -0.05) is 51.1 Å². The number of anilines is 3. The first-order valence-electron chi connectivity index (χ1n) is 9.75. The average molecular weight is 397 g/mol. The summed E-state index contributed by atoms with van der Waals surface area (Å²) in [6.07, 6.45) is 4.72. The maximum atomic E-state index is 12.6. The van der Waals surface area contributed by atoms with Gasteiger partial charge >= 0.3 is 0 Å². The van der Waals surface area contributed by atoms with Gasteiger partial charge in [0.15, 0.2) is 0 Å². The van der Waals surface area contributed by atoms with Crippen molar-refractivity contribution < 1.29 is 4.79 Å². The van der Waals surface area contributed by atoms with Crippen LogP contribution in [0.15, 0.2) is 73.2 Å². The van der Waals surface area contributed by atoms with Gasteiger partial charge in [-0.3, -0.25) is 9.78 Å². The van der Waals surface area contributed by atoms with Gasteiger partial charge in [0.2, 0.25) is 5.95 Å². The first-order chi connectivity index (χ1) is 14.4. The van der Waals surface area contributed by atoms with Crippen molar-refractivity contribution >= 4 is 34.1 Å². The maximum absolute atomic E-state index is 12.6. The molecule has 6 nitrogen and oxygen atoms in total. The highest BCUT2D eigenvalue weighted by Gasteiger charge is 2.13. The first-order valence-corrected chi connectivity index (χ1v) is 9.75. The normalized spacial score (nSPS) is 11.3. The number of benzene rings is 2. The van der Waals surface area contributed by atoms with Gasteiger partial charge in [-0.15, -0.1) is 0 Å². The molecule has 1 amide bonds. The minimum Gasteiger partial charge on any atom is -0.324 e. The third-order valence-corrected chi connectivity index (χ3v) is 4.80. The van der Waals surface area contributed by atoms with Gasteiger partial charge in [0.25, 0.3) is 5.91 Å². The standard InChI is InChI=1S/C24H23N5O/c1-24(2,3)18-9-11-19(12-10-18)28-23-26-14-17(15-27-23)22(30)29-20-8-4-6-16-7-5-13-25-21(16)20/h4-15H,1-3H3,(H,29,30)(H,26,27,28). The molecule has 0 aliphatic carbocycles. The van der Waals surface area contributed by atoms with Crippen molar-refractivity contribution in [3.05, 3.63) is 84.3 Å². The fraction of sp³-hybridized carbons (Fsp3) is 0.167. The van der Waals surface area contributed by atoms with E-state index in [-0.39, 0.29) is 11.3 Å². The lowest BCUT2D eigenvalue weighted by Gasteiger charge is -2.19. The Morgan fingerprint density at radius 1 is 0.867 bits per heavy atom. The second-order valence-corrected chi connectivity index (χ2v) is 8.08. The number of hydrogen-bond donors (Lipinski definition) is 2. The van der Waals surface area contributed by atoms with Crippen LogP contribution in [0, 0.1) is 0 Å². The Kier molecular flexibility index (Phi) is 5.14. The minimum atomic E-state index is -0.283. The SMILES string of the molecule is CC(C)(C)c1ccc(Nc2ncc(C(=O)Nc3cccc4cccnc34)cn2)cc1. The Morgan fingerprint density at radius 3 is 2.27 bits per heavy atom. The second kappa shape index (κ2) is 7.91. The Bertz CT molecular complexity index is 1170. The molecule has 0 saturated carbocycles. The van der Waals surface area contributed by atoms with Crippen molar-refractivity contribution in [2.24, 2.45) is 0 Å². The third kappa shape index (κ3) is 4.27. The van der Waals surface area contributed by atoms with E-state index in [0.29, 0.717) is 17.2 Å². The van der Waals surface area contributed by atoms with Gasteiger partial charge in [-0.2, -0.15) is 0 Å². The van der Waals surface area contributed by atoms with Crippen LogP contribution in [0.2, 0.25) is 0 Å². The quantitative estimate of drug-likeness (QED) is 0.487. The zero-order chi connectivity index (χ0) is 21.1. The molecule has 4 rings (SSSR count). The van der Waals surface area contributed by atoms with Crippen LogP contribution in [-0.2, 0) is 5.41 Å². The highest BCUT2D eigenvalue weighted by Crippen LogP contribution is 2.24. The summed E-state index contributed by atoms with van der Waals surface area (Å²) in [6, 6.07) is 17.6. The fourth-order valence-corrected chi connectivity index (χ4v) is 3.09. The molecule has 0 bridgehead atoms. The molecule has 0 spiro atoms. The Hall–Kier alpha value is -3.80. The summed E-state index contributed by atoms with van der Waals surface area (Å²) in [5.74, 6) is 0.149. The van der Waals surface area contributed by atoms with Crippen molar-refractivity contribution in [1.82, 2.24) is 15.0 Å². The van der Waals surface area contributed by atoms with Crippen LogP contribution in [-0.4, -0.2) is 20.9 Å². The summed E-state index contributed by atoms with van der Waals surface area (Å²) in [6.45, 7) is 6.53. The van der Waals surface area contributed by atoms with Crippen LogP contribution in [0.1, 0.15) is 36.7 Å². The number of nitrogens with zero attached hydrogens (tertiary/aromatic N) is 3. The number of fused-ring (bicyclic) bond motifs is 1. The van der Waals surface area contributed by atoms with E-state index in [1.165, 1.54) is 18.0 Å². The Labute approximate surface area is 175 Å². The predicted molar refractivity (Wildman–Crippen MR) is 120 cm³/mol. The Morgan fingerprint density at radius 2 is 1.57 bits per heavy atom. The molecule has 150 valence electrons.